The first-order valence-electron chi connectivity index (χ1n) is 11.1. The van der Waals surface area contributed by atoms with Crippen LogP contribution in [0.4, 0.5) is 0 Å². The van der Waals surface area contributed by atoms with Gasteiger partial charge in [-0.05, 0) is 62.1 Å². The fourth-order valence-corrected chi connectivity index (χ4v) is 4.76. The number of hydrogen-bond donors (Lipinski definition) is 2. The number of halogens is 1. The summed E-state index contributed by atoms with van der Waals surface area (Å²) in [4.78, 5) is 4.48. The molecule has 0 unspecified atom stereocenters. The molecule has 1 aromatic carbocycles. The van der Waals surface area contributed by atoms with Crippen LogP contribution in [-0.2, 0) is 10.2 Å². The standard InChI is InChI=1S/C23H35N3O3.HI/c1-3-27-13-12-22(8-4-5-9-22)15-25-21(24-2)26-16-23(10-11-23)18-6-7-19-20(14-18)29-17-28-19;/h6-7,14H,3-5,8-13,15-17H2,1-2H3,(H2,24,25,26);1H. The molecule has 6 nitrogen and oxygen atoms in total. The van der Waals surface area contributed by atoms with Gasteiger partial charge in [0.15, 0.2) is 17.5 Å². The topological polar surface area (TPSA) is 64.1 Å². The first-order valence-corrected chi connectivity index (χ1v) is 11.1. The van der Waals surface area contributed by atoms with Gasteiger partial charge in [-0.3, -0.25) is 4.99 Å². The molecular formula is C23H36IN3O3. The lowest BCUT2D eigenvalue weighted by atomic mass is 9.83. The highest BCUT2D eigenvalue weighted by Gasteiger charge is 2.45. The van der Waals surface area contributed by atoms with Crippen molar-refractivity contribution in [1.29, 1.82) is 0 Å². The average Bonchev–Trinajstić information content (AvgIpc) is 3.15. The van der Waals surface area contributed by atoms with E-state index in [1.165, 1.54) is 44.1 Å². The maximum Gasteiger partial charge on any atom is 0.231 e. The number of hydrogen-bond acceptors (Lipinski definition) is 4. The summed E-state index contributed by atoms with van der Waals surface area (Å²) in [5.41, 5.74) is 1.86. The number of nitrogens with one attached hydrogen (secondary N) is 2. The molecule has 0 bridgehead atoms. The van der Waals surface area contributed by atoms with E-state index in [1.807, 2.05) is 13.1 Å². The van der Waals surface area contributed by atoms with Gasteiger partial charge in [-0.25, -0.2) is 0 Å². The minimum atomic E-state index is 0. The largest absolute Gasteiger partial charge is 0.454 e. The third kappa shape index (κ3) is 5.33. The predicted molar refractivity (Wildman–Crippen MR) is 130 cm³/mol. The van der Waals surface area contributed by atoms with E-state index in [4.69, 9.17) is 14.2 Å². The average molecular weight is 529 g/mol. The van der Waals surface area contributed by atoms with Crippen LogP contribution in [0.2, 0.25) is 0 Å². The number of benzene rings is 1. The monoisotopic (exact) mass is 529 g/mol. The van der Waals surface area contributed by atoms with Gasteiger partial charge in [0, 0.05) is 38.8 Å². The van der Waals surface area contributed by atoms with Crippen LogP contribution in [0.25, 0.3) is 0 Å². The summed E-state index contributed by atoms with van der Waals surface area (Å²) in [7, 11) is 1.86. The van der Waals surface area contributed by atoms with Crippen molar-refractivity contribution in [3.05, 3.63) is 23.8 Å². The lowest BCUT2D eigenvalue weighted by molar-refractivity contribution is 0.105. The summed E-state index contributed by atoms with van der Waals surface area (Å²) in [5.74, 6) is 2.62. The Labute approximate surface area is 197 Å². The van der Waals surface area contributed by atoms with Crippen molar-refractivity contribution in [3.63, 3.8) is 0 Å². The lowest BCUT2D eigenvalue weighted by Crippen LogP contribution is -2.45. The molecule has 3 aliphatic rings. The number of fused-ring (bicyclic) bond motifs is 1. The van der Waals surface area contributed by atoms with Crippen LogP contribution >= 0.6 is 24.0 Å². The number of aliphatic imine (C=N–C) groups is 1. The van der Waals surface area contributed by atoms with Gasteiger partial charge in [0.05, 0.1) is 0 Å². The molecule has 4 rings (SSSR count). The number of rotatable bonds is 9. The summed E-state index contributed by atoms with van der Waals surface area (Å²) >= 11 is 0. The second-order valence-corrected chi connectivity index (χ2v) is 8.78. The summed E-state index contributed by atoms with van der Waals surface area (Å²) in [6.07, 6.45) is 8.73. The van der Waals surface area contributed by atoms with Crippen molar-refractivity contribution in [2.75, 3.05) is 40.1 Å². The van der Waals surface area contributed by atoms with E-state index in [1.54, 1.807) is 0 Å². The van der Waals surface area contributed by atoms with E-state index in [-0.39, 0.29) is 29.4 Å². The van der Waals surface area contributed by atoms with Crippen molar-refractivity contribution in [3.8, 4) is 11.5 Å². The Morgan fingerprint density at radius 3 is 2.50 bits per heavy atom. The van der Waals surface area contributed by atoms with Crippen LogP contribution in [0.1, 0.15) is 57.4 Å². The molecule has 2 aliphatic carbocycles. The Bertz CT molecular complexity index is 730. The zero-order chi connectivity index (χ0) is 20.2. The van der Waals surface area contributed by atoms with Crippen LogP contribution in [-0.4, -0.2) is 46.1 Å². The first kappa shape index (κ1) is 23.4. The van der Waals surface area contributed by atoms with E-state index in [0.29, 0.717) is 12.2 Å². The van der Waals surface area contributed by atoms with E-state index in [9.17, 15) is 0 Å². The lowest BCUT2D eigenvalue weighted by Gasteiger charge is -2.30. The molecule has 2 N–H and O–H groups in total. The summed E-state index contributed by atoms with van der Waals surface area (Å²) in [5, 5.41) is 7.19. The Morgan fingerprint density at radius 2 is 1.80 bits per heavy atom. The van der Waals surface area contributed by atoms with E-state index in [2.05, 4.69) is 34.7 Å². The fraction of sp³-hybridized carbons (Fsp3) is 0.696. The molecule has 168 valence electrons. The molecule has 0 saturated heterocycles. The van der Waals surface area contributed by atoms with Gasteiger partial charge < -0.3 is 24.8 Å². The van der Waals surface area contributed by atoms with Crippen molar-refractivity contribution >= 4 is 29.9 Å². The highest BCUT2D eigenvalue weighted by Crippen LogP contribution is 2.50. The Hall–Kier alpha value is -1.22. The smallest absolute Gasteiger partial charge is 0.231 e. The molecule has 0 aromatic heterocycles. The fourth-order valence-electron chi connectivity index (χ4n) is 4.76. The molecular weight excluding hydrogens is 493 g/mol. The molecule has 1 heterocycles. The summed E-state index contributed by atoms with van der Waals surface area (Å²) < 4.78 is 16.7. The van der Waals surface area contributed by atoms with Gasteiger partial charge >= 0.3 is 0 Å². The van der Waals surface area contributed by atoms with Gasteiger partial charge in [0.25, 0.3) is 0 Å². The SMILES string of the molecule is CCOCCC1(CNC(=NC)NCC2(c3ccc4c(c3)OCO4)CC2)CCCC1.I. The maximum absolute atomic E-state index is 5.64. The first-order chi connectivity index (χ1) is 14.2. The van der Waals surface area contributed by atoms with Gasteiger partial charge in [-0.15, -0.1) is 24.0 Å². The van der Waals surface area contributed by atoms with Crippen LogP contribution in [0.15, 0.2) is 23.2 Å². The molecule has 2 fully saturated rings. The van der Waals surface area contributed by atoms with E-state index in [0.717, 1.165) is 50.2 Å². The molecule has 0 amide bonds. The molecule has 1 aliphatic heterocycles. The van der Waals surface area contributed by atoms with Crippen molar-refractivity contribution < 1.29 is 14.2 Å². The molecule has 0 radical (unpaired) electrons. The van der Waals surface area contributed by atoms with Crippen LogP contribution < -0.4 is 20.1 Å². The third-order valence-corrected chi connectivity index (χ3v) is 6.93. The van der Waals surface area contributed by atoms with Gasteiger partial charge in [-0.1, -0.05) is 18.9 Å². The Balaban J connectivity index is 0.00000256. The van der Waals surface area contributed by atoms with Gasteiger partial charge in [0.1, 0.15) is 0 Å². The van der Waals surface area contributed by atoms with Crippen molar-refractivity contribution in [2.24, 2.45) is 10.4 Å². The Morgan fingerprint density at radius 1 is 1.07 bits per heavy atom. The van der Waals surface area contributed by atoms with Crippen LogP contribution in [0.5, 0.6) is 11.5 Å². The second kappa shape index (κ2) is 10.4. The quantitative estimate of drug-likeness (QED) is 0.217. The van der Waals surface area contributed by atoms with E-state index < -0.39 is 0 Å². The highest BCUT2D eigenvalue weighted by molar-refractivity contribution is 14.0. The molecule has 7 heteroatoms. The maximum atomic E-state index is 5.64. The van der Waals surface area contributed by atoms with Crippen LogP contribution in [0.3, 0.4) is 0 Å². The van der Waals surface area contributed by atoms with E-state index >= 15 is 0 Å². The molecule has 1 aromatic rings. The zero-order valence-electron chi connectivity index (χ0n) is 18.3. The summed E-state index contributed by atoms with van der Waals surface area (Å²) in [6.45, 7) is 5.91. The minimum absolute atomic E-state index is 0. The van der Waals surface area contributed by atoms with Crippen molar-refractivity contribution in [1.82, 2.24) is 10.6 Å². The molecule has 30 heavy (non-hydrogen) atoms. The highest BCUT2D eigenvalue weighted by atomic mass is 127. The number of nitrogens with zero attached hydrogens (tertiary/aromatic N) is 1. The zero-order valence-corrected chi connectivity index (χ0v) is 20.6. The number of guanidine groups is 1. The normalized spacial score (nSPS) is 20.5. The minimum Gasteiger partial charge on any atom is -0.454 e. The molecule has 0 spiro atoms. The Kier molecular flexibility index (Phi) is 8.12. The van der Waals surface area contributed by atoms with Crippen LogP contribution in [0, 0.1) is 5.41 Å². The third-order valence-electron chi connectivity index (χ3n) is 6.93. The van der Waals surface area contributed by atoms with Gasteiger partial charge in [-0.2, -0.15) is 0 Å². The molecule has 2 saturated carbocycles. The van der Waals surface area contributed by atoms with Crippen molar-refractivity contribution in [2.45, 2.75) is 57.3 Å². The summed E-state index contributed by atoms with van der Waals surface area (Å²) in [6, 6.07) is 6.36. The molecule has 0 atom stereocenters. The number of ether oxygens (including phenoxy) is 3. The predicted octanol–water partition coefficient (Wildman–Crippen LogP) is 4.22. The van der Waals surface area contributed by atoms with Gasteiger partial charge in [0.2, 0.25) is 6.79 Å². The second-order valence-electron chi connectivity index (χ2n) is 8.78.